The van der Waals surface area contributed by atoms with Crippen molar-refractivity contribution in [2.45, 2.75) is 13.0 Å². The molecule has 0 bridgehead atoms. The van der Waals surface area contributed by atoms with E-state index in [0.29, 0.717) is 6.54 Å². The Morgan fingerprint density at radius 1 is 1.11 bits per heavy atom. The number of allylic oxidation sites excluding steroid dienone is 1. The number of methoxy groups -OCH3 is 1. The molecule has 1 aliphatic heterocycles. The van der Waals surface area contributed by atoms with E-state index in [0.717, 1.165) is 50.5 Å². The Balaban J connectivity index is 1.67. The molecule has 3 heterocycles. The third-order valence-electron chi connectivity index (χ3n) is 5.14. The van der Waals surface area contributed by atoms with E-state index in [1.807, 2.05) is 64.5 Å². The van der Waals surface area contributed by atoms with E-state index >= 15 is 0 Å². The van der Waals surface area contributed by atoms with Crippen molar-refractivity contribution in [3.05, 3.63) is 81.7 Å². The summed E-state index contributed by atoms with van der Waals surface area (Å²) in [5.74, 6) is 1.59. The number of fused-ring (bicyclic) bond motifs is 2. The summed E-state index contributed by atoms with van der Waals surface area (Å²) >= 11 is 1.53. The van der Waals surface area contributed by atoms with Gasteiger partial charge in [-0.3, -0.25) is 9.36 Å². The molecule has 1 aliphatic rings. The molecule has 0 aliphatic carbocycles. The Bertz CT molecular complexity index is 1270. The molecule has 2 aromatic heterocycles. The second-order valence-corrected chi connectivity index (χ2v) is 7.61. The van der Waals surface area contributed by atoms with Gasteiger partial charge in [0.1, 0.15) is 16.4 Å². The lowest BCUT2D eigenvalue weighted by atomic mass is 10.1. The van der Waals surface area contributed by atoms with Crippen LogP contribution in [0.2, 0.25) is 0 Å². The molecule has 0 N–H and O–H groups in total. The van der Waals surface area contributed by atoms with E-state index in [9.17, 15) is 4.79 Å². The fraction of sp³-hybridized carbons (Fsp3) is 0.130. The van der Waals surface area contributed by atoms with E-state index in [2.05, 4.69) is 6.08 Å². The molecule has 2 aromatic carbocycles. The minimum atomic E-state index is 0.0449. The predicted molar refractivity (Wildman–Crippen MR) is 115 cm³/mol. The summed E-state index contributed by atoms with van der Waals surface area (Å²) in [7, 11) is 1.67. The zero-order valence-corrected chi connectivity index (χ0v) is 16.2. The van der Waals surface area contributed by atoms with Gasteiger partial charge in [0.25, 0.3) is 5.56 Å². The highest BCUT2D eigenvalue weighted by atomic mass is 32.1. The van der Waals surface area contributed by atoms with E-state index in [1.54, 1.807) is 7.11 Å². The number of rotatable bonds is 3. The number of nitrogens with zero attached hydrogens (tertiary/aromatic N) is 2. The van der Waals surface area contributed by atoms with Crippen LogP contribution in [-0.2, 0) is 6.54 Å². The van der Waals surface area contributed by atoms with Crippen molar-refractivity contribution in [1.29, 1.82) is 0 Å². The van der Waals surface area contributed by atoms with Gasteiger partial charge < -0.3 is 4.74 Å². The van der Waals surface area contributed by atoms with Crippen LogP contribution in [0.5, 0.6) is 5.75 Å². The maximum atomic E-state index is 13.3. The first-order valence-electron chi connectivity index (χ1n) is 9.17. The van der Waals surface area contributed by atoms with E-state index in [-0.39, 0.29) is 5.56 Å². The number of aromatic nitrogens is 2. The van der Waals surface area contributed by atoms with Crippen molar-refractivity contribution in [1.82, 2.24) is 9.55 Å². The van der Waals surface area contributed by atoms with Gasteiger partial charge in [-0.15, -0.1) is 11.3 Å². The number of benzene rings is 2. The molecule has 138 valence electrons. The number of hydrogen-bond donors (Lipinski definition) is 0. The van der Waals surface area contributed by atoms with Crippen molar-refractivity contribution in [3.63, 3.8) is 0 Å². The zero-order chi connectivity index (χ0) is 19.1. The molecule has 28 heavy (non-hydrogen) atoms. The van der Waals surface area contributed by atoms with Gasteiger partial charge in [0.2, 0.25) is 0 Å². The molecule has 0 amide bonds. The summed E-state index contributed by atoms with van der Waals surface area (Å²) in [6.45, 7) is 0.655. The van der Waals surface area contributed by atoms with Crippen LogP contribution in [0.15, 0.2) is 64.8 Å². The molecule has 0 spiro atoms. The highest BCUT2D eigenvalue weighted by Crippen LogP contribution is 2.35. The molecule has 5 rings (SSSR count). The van der Waals surface area contributed by atoms with E-state index in [4.69, 9.17) is 9.72 Å². The Morgan fingerprint density at radius 2 is 1.89 bits per heavy atom. The summed E-state index contributed by atoms with van der Waals surface area (Å²) in [6, 6.07) is 17.9. The van der Waals surface area contributed by atoms with Gasteiger partial charge in [-0.05, 0) is 29.7 Å². The molecular formula is C23H18N2O2S. The summed E-state index contributed by atoms with van der Waals surface area (Å²) in [5, 5.41) is 2.76. The molecule has 0 saturated heterocycles. The Morgan fingerprint density at radius 3 is 2.71 bits per heavy atom. The standard InChI is InChI=1S/C23H18N2O2S/c1-27-19-10-6-5-9-16(19)13-17-11-12-25-21(17)24-22-20(23(25)26)18(14-28-22)15-7-3-2-4-8-15/h2-10,13-14H,11-12H2,1H3. The average Bonchev–Trinajstić information content (AvgIpc) is 3.34. The minimum Gasteiger partial charge on any atom is -0.496 e. The third-order valence-corrected chi connectivity index (χ3v) is 6.01. The van der Waals surface area contributed by atoms with E-state index < -0.39 is 0 Å². The maximum absolute atomic E-state index is 13.3. The lowest BCUT2D eigenvalue weighted by molar-refractivity contribution is 0.414. The predicted octanol–water partition coefficient (Wildman–Crippen LogP) is 5.08. The Labute approximate surface area is 166 Å². The van der Waals surface area contributed by atoms with Crippen molar-refractivity contribution >= 4 is 33.2 Å². The molecule has 0 fully saturated rings. The van der Waals surface area contributed by atoms with Gasteiger partial charge in [-0.25, -0.2) is 4.98 Å². The van der Waals surface area contributed by atoms with Gasteiger partial charge in [0, 0.05) is 23.1 Å². The number of para-hydroxylation sites is 1. The second-order valence-electron chi connectivity index (χ2n) is 6.75. The smallest absolute Gasteiger partial charge is 0.263 e. The van der Waals surface area contributed by atoms with Crippen LogP contribution in [0.25, 0.3) is 33.0 Å². The molecule has 0 atom stereocenters. The van der Waals surface area contributed by atoms with Crippen LogP contribution in [0.1, 0.15) is 17.8 Å². The molecule has 4 aromatic rings. The van der Waals surface area contributed by atoms with Crippen molar-refractivity contribution in [2.75, 3.05) is 7.11 Å². The van der Waals surface area contributed by atoms with Crippen molar-refractivity contribution in [2.24, 2.45) is 0 Å². The first kappa shape index (κ1) is 17.0. The van der Waals surface area contributed by atoms with Crippen molar-refractivity contribution in [3.8, 4) is 16.9 Å². The fourth-order valence-electron chi connectivity index (χ4n) is 3.76. The largest absolute Gasteiger partial charge is 0.496 e. The molecule has 0 radical (unpaired) electrons. The van der Waals surface area contributed by atoms with E-state index in [1.165, 1.54) is 11.3 Å². The van der Waals surface area contributed by atoms with Gasteiger partial charge >= 0.3 is 0 Å². The summed E-state index contributed by atoms with van der Waals surface area (Å²) in [5.41, 5.74) is 4.13. The van der Waals surface area contributed by atoms with Crippen LogP contribution in [0, 0.1) is 0 Å². The first-order valence-corrected chi connectivity index (χ1v) is 10.1. The molecule has 0 saturated carbocycles. The zero-order valence-electron chi connectivity index (χ0n) is 15.4. The SMILES string of the molecule is COc1ccccc1C=C1CCn2c1nc1scc(-c3ccccc3)c1c2=O. The summed E-state index contributed by atoms with van der Waals surface area (Å²) in [6.07, 6.45) is 2.87. The molecular weight excluding hydrogens is 368 g/mol. The van der Waals surface area contributed by atoms with Crippen LogP contribution >= 0.6 is 11.3 Å². The van der Waals surface area contributed by atoms with Crippen LogP contribution < -0.4 is 10.3 Å². The van der Waals surface area contributed by atoms with Gasteiger partial charge in [-0.2, -0.15) is 0 Å². The second kappa shape index (κ2) is 6.77. The van der Waals surface area contributed by atoms with Crippen LogP contribution in [0.3, 0.4) is 0 Å². The van der Waals surface area contributed by atoms with Crippen LogP contribution in [-0.4, -0.2) is 16.7 Å². The summed E-state index contributed by atoms with van der Waals surface area (Å²) < 4.78 is 7.27. The molecule has 0 unspecified atom stereocenters. The quantitative estimate of drug-likeness (QED) is 0.493. The highest BCUT2D eigenvalue weighted by Gasteiger charge is 2.23. The average molecular weight is 386 g/mol. The van der Waals surface area contributed by atoms with Gasteiger partial charge in [0.15, 0.2) is 0 Å². The topological polar surface area (TPSA) is 44.1 Å². The highest BCUT2D eigenvalue weighted by molar-refractivity contribution is 7.17. The fourth-order valence-corrected chi connectivity index (χ4v) is 4.70. The minimum absolute atomic E-state index is 0.0449. The Hall–Kier alpha value is -3.18. The number of thiophene rings is 1. The van der Waals surface area contributed by atoms with Crippen LogP contribution in [0.4, 0.5) is 0 Å². The Kier molecular flexibility index (Phi) is 4.10. The normalized spacial score (nSPS) is 14.5. The van der Waals surface area contributed by atoms with Gasteiger partial charge in [-0.1, -0.05) is 48.5 Å². The first-order chi connectivity index (χ1) is 13.8. The lowest BCUT2D eigenvalue weighted by Crippen LogP contribution is -2.20. The molecule has 4 nitrogen and oxygen atoms in total. The van der Waals surface area contributed by atoms with Gasteiger partial charge in [0.05, 0.1) is 12.5 Å². The number of hydrogen-bond acceptors (Lipinski definition) is 4. The van der Waals surface area contributed by atoms with Crippen molar-refractivity contribution < 1.29 is 4.74 Å². The summed E-state index contributed by atoms with van der Waals surface area (Å²) in [4.78, 5) is 18.9. The monoisotopic (exact) mass is 386 g/mol. The third kappa shape index (κ3) is 2.67. The lowest BCUT2D eigenvalue weighted by Gasteiger charge is -2.06. The number of ether oxygens (including phenoxy) is 1. The molecule has 5 heteroatoms. The maximum Gasteiger partial charge on any atom is 0.263 e.